The molecule has 0 radical (unpaired) electrons. The predicted molar refractivity (Wildman–Crippen MR) is 116 cm³/mol. The van der Waals surface area contributed by atoms with Gasteiger partial charge in [0.2, 0.25) is 0 Å². The lowest BCUT2D eigenvalue weighted by atomic mass is 10.0. The number of carbonyl (C=O) groups excluding carboxylic acids is 1. The molecule has 1 unspecified atom stereocenters. The van der Waals surface area contributed by atoms with Gasteiger partial charge < -0.3 is 9.74 Å². The number of hydrogen-bond acceptors (Lipinski definition) is 5. The van der Waals surface area contributed by atoms with Gasteiger partial charge in [0.05, 0.1) is 5.52 Å². The number of amides is 1. The van der Waals surface area contributed by atoms with Crippen molar-refractivity contribution in [2.45, 2.75) is 19.1 Å². The number of hydrogen-bond donors (Lipinski definition) is 0. The second-order valence-corrected chi connectivity index (χ2v) is 7.81. The van der Waals surface area contributed by atoms with Gasteiger partial charge in [-0.1, -0.05) is 59.8 Å². The van der Waals surface area contributed by atoms with Crippen LogP contribution in [0.2, 0.25) is 0 Å². The van der Waals surface area contributed by atoms with Crippen LogP contribution in [0.3, 0.4) is 0 Å². The lowest BCUT2D eigenvalue weighted by Gasteiger charge is -2.34. The predicted octanol–water partition coefficient (Wildman–Crippen LogP) is 3.40. The van der Waals surface area contributed by atoms with E-state index in [0.717, 1.165) is 36.1 Å². The molecule has 1 aromatic heterocycles. The first-order valence-corrected chi connectivity index (χ1v) is 10.4. The molecule has 152 valence electrons. The fourth-order valence-electron chi connectivity index (χ4n) is 4.18. The summed E-state index contributed by atoms with van der Waals surface area (Å²) < 4.78 is 0. The average molecular weight is 400 g/mol. The molecule has 0 bridgehead atoms. The maximum Gasteiger partial charge on any atom is 0.271 e. The Balaban J connectivity index is 1.18. The molecule has 3 aromatic rings. The maximum atomic E-state index is 12.9. The minimum atomic E-state index is -0.162. The van der Waals surface area contributed by atoms with Crippen molar-refractivity contribution in [3.8, 4) is 0 Å². The van der Waals surface area contributed by atoms with Gasteiger partial charge in [0.15, 0.2) is 6.10 Å². The van der Waals surface area contributed by atoms with Gasteiger partial charge in [0.1, 0.15) is 5.71 Å². The minimum Gasteiger partial charge on any atom is -0.387 e. The number of fused-ring (bicyclic) bond motifs is 1. The summed E-state index contributed by atoms with van der Waals surface area (Å²) in [7, 11) is 0. The normalized spacial score (nSPS) is 19.5. The van der Waals surface area contributed by atoms with Gasteiger partial charge >= 0.3 is 0 Å². The molecule has 1 fully saturated rings. The van der Waals surface area contributed by atoms with Crippen LogP contribution in [0.4, 0.5) is 0 Å². The fourth-order valence-corrected chi connectivity index (χ4v) is 4.18. The highest BCUT2D eigenvalue weighted by molar-refractivity contribution is 6.39. The molecular formula is C24H24N4O2. The Bertz CT molecular complexity index is 1070. The van der Waals surface area contributed by atoms with Gasteiger partial charge in [-0.15, -0.1) is 0 Å². The zero-order chi connectivity index (χ0) is 20.3. The molecular weight excluding hydrogens is 376 g/mol. The van der Waals surface area contributed by atoms with Crippen molar-refractivity contribution in [3.63, 3.8) is 0 Å². The SMILES string of the molecule is O=C(C1=NOC(c2ccccc2)C1)N1CCN(Cc2cccc3cccnc23)CC1. The van der Waals surface area contributed by atoms with E-state index in [9.17, 15) is 4.79 Å². The van der Waals surface area contributed by atoms with Crippen LogP contribution in [-0.4, -0.2) is 52.6 Å². The number of rotatable bonds is 4. The third kappa shape index (κ3) is 3.78. The summed E-state index contributed by atoms with van der Waals surface area (Å²) in [4.78, 5) is 27.3. The molecule has 0 N–H and O–H groups in total. The molecule has 1 atom stereocenters. The molecule has 1 saturated heterocycles. The Morgan fingerprint density at radius 2 is 1.77 bits per heavy atom. The van der Waals surface area contributed by atoms with E-state index in [-0.39, 0.29) is 12.0 Å². The Labute approximate surface area is 175 Å². The van der Waals surface area contributed by atoms with Crippen LogP contribution in [0.1, 0.15) is 23.7 Å². The van der Waals surface area contributed by atoms with Gasteiger partial charge in [0, 0.05) is 50.7 Å². The van der Waals surface area contributed by atoms with Crippen molar-refractivity contribution in [3.05, 3.63) is 78.0 Å². The lowest BCUT2D eigenvalue weighted by molar-refractivity contribution is -0.125. The van der Waals surface area contributed by atoms with Crippen molar-refractivity contribution < 1.29 is 9.63 Å². The van der Waals surface area contributed by atoms with Crippen molar-refractivity contribution >= 4 is 22.5 Å². The number of oxime groups is 1. The summed E-state index contributed by atoms with van der Waals surface area (Å²) in [5, 5.41) is 5.26. The van der Waals surface area contributed by atoms with E-state index in [1.807, 2.05) is 47.5 Å². The van der Waals surface area contributed by atoms with Crippen molar-refractivity contribution in [2.24, 2.45) is 5.16 Å². The van der Waals surface area contributed by atoms with Crippen LogP contribution in [0, 0.1) is 0 Å². The highest BCUT2D eigenvalue weighted by Crippen LogP contribution is 2.27. The first kappa shape index (κ1) is 18.8. The molecule has 2 aromatic carbocycles. The molecule has 0 aliphatic carbocycles. The molecule has 0 spiro atoms. The van der Waals surface area contributed by atoms with Gasteiger partial charge in [-0.3, -0.25) is 14.7 Å². The monoisotopic (exact) mass is 400 g/mol. The van der Waals surface area contributed by atoms with E-state index in [1.165, 1.54) is 5.56 Å². The summed E-state index contributed by atoms with van der Waals surface area (Å²) in [5.41, 5.74) is 3.86. The first-order valence-electron chi connectivity index (χ1n) is 10.4. The second kappa shape index (κ2) is 8.24. The highest BCUT2D eigenvalue weighted by atomic mass is 16.6. The zero-order valence-corrected chi connectivity index (χ0v) is 16.8. The van der Waals surface area contributed by atoms with Crippen molar-refractivity contribution in [1.29, 1.82) is 0 Å². The maximum absolute atomic E-state index is 12.9. The van der Waals surface area contributed by atoms with Crippen molar-refractivity contribution in [1.82, 2.24) is 14.8 Å². The van der Waals surface area contributed by atoms with Crippen LogP contribution in [0.5, 0.6) is 0 Å². The summed E-state index contributed by atoms with van der Waals surface area (Å²) in [6, 6.07) is 20.3. The number of piperazine rings is 1. The standard InChI is InChI=1S/C24H24N4O2/c29-24(21-16-22(30-26-21)18-6-2-1-3-7-18)28-14-12-27(13-15-28)17-20-9-4-8-19-10-5-11-25-23(19)20/h1-11,22H,12-17H2. The third-order valence-corrected chi connectivity index (χ3v) is 5.86. The van der Waals surface area contributed by atoms with Gasteiger partial charge in [-0.2, -0.15) is 0 Å². The highest BCUT2D eigenvalue weighted by Gasteiger charge is 2.31. The molecule has 2 aliphatic rings. The molecule has 6 nitrogen and oxygen atoms in total. The van der Waals surface area contributed by atoms with Gasteiger partial charge in [-0.25, -0.2) is 0 Å². The van der Waals surface area contributed by atoms with E-state index >= 15 is 0 Å². The summed E-state index contributed by atoms with van der Waals surface area (Å²) in [6.45, 7) is 3.92. The molecule has 5 rings (SSSR count). The van der Waals surface area contributed by atoms with Gasteiger partial charge in [0.25, 0.3) is 5.91 Å². The van der Waals surface area contributed by atoms with Crippen LogP contribution in [0.25, 0.3) is 10.9 Å². The van der Waals surface area contributed by atoms with E-state index in [0.29, 0.717) is 25.2 Å². The molecule has 2 aliphatic heterocycles. The van der Waals surface area contributed by atoms with Crippen LogP contribution >= 0.6 is 0 Å². The Hall–Kier alpha value is -3.25. The molecule has 1 amide bonds. The average Bonchev–Trinajstić information content (AvgIpc) is 3.30. The quantitative estimate of drug-likeness (QED) is 0.674. The van der Waals surface area contributed by atoms with E-state index < -0.39 is 0 Å². The number of benzene rings is 2. The number of para-hydroxylation sites is 1. The van der Waals surface area contributed by atoms with Crippen LogP contribution < -0.4 is 0 Å². The minimum absolute atomic E-state index is 0.0000845. The van der Waals surface area contributed by atoms with Crippen molar-refractivity contribution in [2.75, 3.05) is 26.2 Å². The van der Waals surface area contributed by atoms with Crippen LogP contribution in [-0.2, 0) is 16.2 Å². The fraction of sp³-hybridized carbons (Fsp3) is 0.292. The number of aromatic nitrogens is 1. The number of pyridine rings is 1. The van der Waals surface area contributed by atoms with Crippen LogP contribution in [0.15, 0.2) is 72.0 Å². The Morgan fingerprint density at radius 3 is 2.60 bits per heavy atom. The van der Waals surface area contributed by atoms with E-state index in [1.54, 1.807) is 0 Å². The topological polar surface area (TPSA) is 58.0 Å². The summed E-state index contributed by atoms with van der Waals surface area (Å²) in [6.07, 6.45) is 2.21. The molecule has 6 heteroatoms. The zero-order valence-electron chi connectivity index (χ0n) is 16.8. The smallest absolute Gasteiger partial charge is 0.271 e. The summed E-state index contributed by atoms with van der Waals surface area (Å²) in [5.74, 6) is -0.0000845. The largest absolute Gasteiger partial charge is 0.387 e. The first-order chi connectivity index (χ1) is 14.8. The van der Waals surface area contributed by atoms with E-state index in [4.69, 9.17) is 4.84 Å². The lowest BCUT2D eigenvalue weighted by Crippen LogP contribution is -2.50. The molecule has 3 heterocycles. The second-order valence-electron chi connectivity index (χ2n) is 7.81. The summed E-state index contributed by atoms with van der Waals surface area (Å²) >= 11 is 0. The Morgan fingerprint density at radius 1 is 0.967 bits per heavy atom. The Kier molecular flexibility index (Phi) is 5.15. The third-order valence-electron chi connectivity index (χ3n) is 5.86. The van der Waals surface area contributed by atoms with Gasteiger partial charge in [-0.05, 0) is 17.2 Å². The number of nitrogens with zero attached hydrogens (tertiary/aromatic N) is 4. The van der Waals surface area contributed by atoms with E-state index in [2.05, 4.69) is 39.3 Å². The number of carbonyl (C=O) groups is 1. The molecule has 30 heavy (non-hydrogen) atoms. The molecule has 0 saturated carbocycles.